The second-order valence-corrected chi connectivity index (χ2v) is 5.63. The second-order valence-electron chi connectivity index (χ2n) is 3.64. The van der Waals surface area contributed by atoms with Gasteiger partial charge in [0.05, 0.1) is 26.2 Å². The molecule has 0 aliphatic heterocycles. The largest absolute Gasteiger partial charge is 0.285 e. The lowest BCUT2D eigenvalue weighted by molar-refractivity contribution is -0.383. The average Bonchev–Trinajstić information content (AvgIpc) is 2.37. The normalized spacial score (nSPS) is 10.4. The van der Waals surface area contributed by atoms with Gasteiger partial charge in [0.25, 0.3) is 5.69 Å². The van der Waals surface area contributed by atoms with E-state index in [4.69, 9.17) is 0 Å². The van der Waals surface area contributed by atoms with Gasteiger partial charge >= 0.3 is 0 Å². The molecule has 2 heterocycles. The molecule has 0 saturated heterocycles. The fourth-order valence-electron chi connectivity index (χ4n) is 1.47. The Bertz CT molecular complexity index is 565. The topological polar surface area (TPSA) is 68.9 Å². The van der Waals surface area contributed by atoms with Crippen molar-refractivity contribution in [2.24, 2.45) is 0 Å². The number of nitrogens with zero attached hydrogens (tertiary/aromatic N) is 3. The van der Waals surface area contributed by atoms with E-state index >= 15 is 0 Å². The van der Waals surface area contributed by atoms with Crippen LogP contribution in [0.5, 0.6) is 0 Å². The lowest BCUT2D eigenvalue weighted by Crippen LogP contribution is -2.15. The van der Waals surface area contributed by atoms with E-state index in [1.165, 1.54) is 6.07 Å². The highest BCUT2D eigenvalue weighted by atomic mass is 32.2. The zero-order chi connectivity index (χ0) is 13.0. The van der Waals surface area contributed by atoms with Crippen molar-refractivity contribution >= 4 is 33.0 Å². The Morgan fingerprint density at radius 1 is 1.28 bits per heavy atom. The van der Waals surface area contributed by atoms with Gasteiger partial charge in [-0.05, 0) is 18.2 Å². The molecule has 0 amide bonds. The van der Waals surface area contributed by atoms with Gasteiger partial charge in [0.2, 0.25) is 0 Å². The number of pyridine rings is 2. The molecule has 0 N–H and O–H groups in total. The predicted molar refractivity (Wildman–Crippen MR) is 74.3 cm³/mol. The quantitative estimate of drug-likeness (QED) is 0.355. The maximum atomic E-state index is 10.7. The molecule has 5 nitrogen and oxygen atoms in total. The molecular formula is C11H11N3O2SSi. The summed E-state index contributed by atoms with van der Waals surface area (Å²) >= 11 is 1.64. The van der Waals surface area contributed by atoms with Crippen LogP contribution in [0.1, 0.15) is 5.69 Å². The molecule has 0 saturated carbocycles. The third-order valence-electron chi connectivity index (χ3n) is 2.35. The van der Waals surface area contributed by atoms with Crippen LogP contribution >= 0.6 is 11.8 Å². The molecule has 0 atom stereocenters. The molecule has 7 heteroatoms. The number of hydrogen-bond donors (Lipinski definition) is 0. The highest BCUT2D eigenvalue weighted by Crippen LogP contribution is 2.21. The maximum absolute atomic E-state index is 10.7. The molecular weight excluding hydrogens is 266 g/mol. The Balaban J connectivity index is 2.07. The molecule has 2 rings (SSSR count). The van der Waals surface area contributed by atoms with Gasteiger partial charge in [-0.1, -0.05) is 0 Å². The molecule has 0 aliphatic carbocycles. The van der Waals surface area contributed by atoms with Gasteiger partial charge in [-0.25, -0.2) is 0 Å². The van der Waals surface area contributed by atoms with Crippen LogP contribution in [0, 0.1) is 10.1 Å². The zero-order valence-corrected chi connectivity index (χ0v) is 12.6. The SMILES string of the molecule is O=[N+]([O-])c1ccc(CSc2ccncc2)nc1[SiH3]. The first-order valence-corrected chi connectivity index (χ1v) is 7.29. The van der Waals surface area contributed by atoms with Crippen LogP contribution < -0.4 is 5.32 Å². The Labute approximate surface area is 111 Å². The van der Waals surface area contributed by atoms with E-state index in [0.29, 0.717) is 21.3 Å². The van der Waals surface area contributed by atoms with Crippen molar-refractivity contribution in [2.45, 2.75) is 10.6 Å². The monoisotopic (exact) mass is 277 g/mol. The van der Waals surface area contributed by atoms with Gasteiger partial charge < -0.3 is 0 Å². The Kier molecular flexibility index (Phi) is 4.06. The van der Waals surface area contributed by atoms with E-state index in [9.17, 15) is 10.1 Å². The number of hydrogen-bond acceptors (Lipinski definition) is 5. The van der Waals surface area contributed by atoms with Crippen molar-refractivity contribution in [1.29, 1.82) is 0 Å². The first-order valence-electron chi connectivity index (χ1n) is 5.30. The fraction of sp³-hybridized carbons (Fsp3) is 0.0909. The third kappa shape index (κ3) is 3.14. The smallest absolute Gasteiger partial charge is 0.265 e. The minimum absolute atomic E-state index is 0.124. The van der Waals surface area contributed by atoms with Crippen molar-refractivity contribution in [1.82, 2.24) is 9.97 Å². The number of thioether (sulfide) groups is 1. The minimum atomic E-state index is -0.380. The van der Waals surface area contributed by atoms with Crippen LogP contribution in [-0.2, 0) is 5.75 Å². The van der Waals surface area contributed by atoms with E-state index in [1.54, 1.807) is 30.2 Å². The van der Waals surface area contributed by atoms with Gasteiger partial charge in [0, 0.05) is 29.1 Å². The van der Waals surface area contributed by atoms with Crippen LogP contribution in [0.2, 0.25) is 0 Å². The Morgan fingerprint density at radius 2 is 2.00 bits per heavy atom. The number of rotatable bonds is 4. The molecule has 0 aromatic carbocycles. The summed E-state index contributed by atoms with van der Waals surface area (Å²) in [6.07, 6.45) is 3.48. The molecule has 0 unspecified atom stereocenters. The summed E-state index contributed by atoms with van der Waals surface area (Å²) in [6, 6.07) is 7.11. The summed E-state index contributed by atoms with van der Waals surface area (Å²) in [5, 5.41) is 11.3. The fourth-order valence-corrected chi connectivity index (χ4v) is 2.90. The van der Waals surface area contributed by atoms with E-state index < -0.39 is 0 Å². The van der Waals surface area contributed by atoms with E-state index in [1.807, 2.05) is 12.1 Å². The Morgan fingerprint density at radius 3 is 2.61 bits per heavy atom. The molecule has 0 radical (unpaired) electrons. The molecule has 92 valence electrons. The van der Waals surface area contributed by atoms with Crippen LogP contribution in [0.15, 0.2) is 41.6 Å². The predicted octanol–water partition coefficient (Wildman–Crippen LogP) is 0.668. The van der Waals surface area contributed by atoms with E-state index in [-0.39, 0.29) is 10.6 Å². The standard InChI is InChI=1S/C11H11N3O2SSi/c15-14(16)10-2-1-8(13-11(10)18)7-17-9-3-5-12-6-4-9/h1-6H,7H2,18H3. The van der Waals surface area contributed by atoms with Crippen LogP contribution in [-0.4, -0.2) is 25.1 Å². The zero-order valence-electron chi connectivity index (χ0n) is 9.74. The molecule has 0 spiro atoms. The molecule has 0 fully saturated rings. The first kappa shape index (κ1) is 12.7. The summed E-state index contributed by atoms with van der Waals surface area (Å²) < 4.78 is 0. The van der Waals surface area contributed by atoms with Crippen LogP contribution in [0.25, 0.3) is 0 Å². The number of nitro groups is 1. The van der Waals surface area contributed by atoms with Crippen molar-refractivity contribution in [2.75, 3.05) is 0 Å². The van der Waals surface area contributed by atoms with E-state index in [2.05, 4.69) is 9.97 Å². The van der Waals surface area contributed by atoms with Gasteiger partial charge in [-0.2, -0.15) is 0 Å². The average molecular weight is 277 g/mol. The molecule has 18 heavy (non-hydrogen) atoms. The number of aromatic nitrogens is 2. The van der Waals surface area contributed by atoms with Gasteiger partial charge in [0.1, 0.15) is 0 Å². The lowest BCUT2D eigenvalue weighted by Gasteiger charge is -2.03. The van der Waals surface area contributed by atoms with Crippen molar-refractivity contribution in [3.8, 4) is 0 Å². The van der Waals surface area contributed by atoms with Gasteiger partial charge in [0.15, 0.2) is 0 Å². The third-order valence-corrected chi connectivity index (χ3v) is 4.13. The van der Waals surface area contributed by atoms with E-state index in [0.717, 1.165) is 10.6 Å². The lowest BCUT2D eigenvalue weighted by atomic mass is 10.3. The van der Waals surface area contributed by atoms with Crippen molar-refractivity contribution < 1.29 is 4.92 Å². The van der Waals surface area contributed by atoms with Crippen molar-refractivity contribution in [3.63, 3.8) is 0 Å². The highest BCUT2D eigenvalue weighted by Gasteiger charge is 2.11. The summed E-state index contributed by atoms with van der Waals surface area (Å²) in [6.45, 7) is 0. The van der Waals surface area contributed by atoms with Gasteiger partial charge in [-0.15, -0.1) is 11.8 Å². The highest BCUT2D eigenvalue weighted by molar-refractivity contribution is 7.98. The van der Waals surface area contributed by atoms with Crippen molar-refractivity contribution in [3.05, 3.63) is 52.5 Å². The maximum Gasteiger partial charge on any atom is 0.285 e. The Hall–Kier alpha value is -1.73. The summed E-state index contributed by atoms with van der Waals surface area (Å²) in [5.41, 5.74) is 0.992. The van der Waals surface area contributed by atoms with Crippen LogP contribution in [0.3, 0.4) is 0 Å². The summed E-state index contributed by atoms with van der Waals surface area (Å²) in [5.74, 6) is 0.706. The van der Waals surface area contributed by atoms with Gasteiger partial charge in [-0.3, -0.25) is 20.1 Å². The molecule has 2 aromatic heterocycles. The second kappa shape index (κ2) is 5.74. The summed E-state index contributed by atoms with van der Waals surface area (Å²) in [7, 11) is 0.577. The first-order chi connectivity index (χ1) is 8.66. The summed E-state index contributed by atoms with van der Waals surface area (Å²) in [4.78, 5) is 19.7. The molecule has 0 bridgehead atoms. The molecule has 0 aliphatic rings. The minimum Gasteiger partial charge on any atom is -0.265 e. The molecule has 2 aromatic rings. The van der Waals surface area contributed by atoms with Crippen LogP contribution in [0.4, 0.5) is 5.69 Å².